The van der Waals surface area contributed by atoms with Crippen LogP contribution in [0.4, 0.5) is 4.39 Å². The van der Waals surface area contributed by atoms with E-state index < -0.39 is 24.0 Å². The molecule has 0 atom stereocenters. The van der Waals surface area contributed by atoms with Crippen molar-refractivity contribution in [1.29, 1.82) is 5.26 Å². The number of hydrogen-bond acceptors (Lipinski definition) is 4. The number of halogens is 1. The molecule has 0 amide bonds. The molecule has 0 heterocycles. The molecule has 0 bridgehead atoms. The van der Waals surface area contributed by atoms with Crippen LogP contribution < -0.4 is 0 Å². The average molecular weight is 223 g/mol. The van der Waals surface area contributed by atoms with E-state index >= 15 is 0 Å². The fourth-order valence-electron chi connectivity index (χ4n) is 1.28. The van der Waals surface area contributed by atoms with Crippen LogP contribution in [0.3, 0.4) is 0 Å². The van der Waals surface area contributed by atoms with Gasteiger partial charge in [-0.3, -0.25) is 0 Å². The Morgan fingerprint density at radius 2 is 2.31 bits per heavy atom. The third-order valence-corrected chi connectivity index (χ3v) is 2.00. The molecule has 1 aromatic carbocycles. The Balaban J connectivity index is 3.35. The van der Waals surface area contributed by atoms with Gasteiger partial charge in [-0.05, 0) is 18.6 Å². The number of rotatable bonds is 3. The van der Waals surface area contributed by atoms with Crippen molar-refractivity contribution < 1.29 is 19.0 Å². The maximum absolute atomic E-state index is 13.4. The molecule has 1 rings (SSSR count). The Bertz CT molecular complexity index is 451. The zero-order valence-corrected chi connectivity index (χ0v) is 8.66. The second-order valence-electron chi connectivity index (χ2n) is 2.95. The fraction of sp³-hybridized carbons (Fsp3) is 0.273. The molecular formula is C11H10FNO3. The van der Waals surface area contributed by atoms with Crippen LogP contribution >= 0.6 is 0 Å². The predicted octanol–water partition coefficient (Wildman–Crippen LogP) is 1.37. The van der Waals surface area contributed by atoms with E-state index in [1.807, 2.05) is 0 Å². The zero-order chi connectivity index (χ0) is 12.1. The van der Waals surface area contributed by atoms with Gasteiger partial charge in [0.2, 0.25) is 0 Å². The molecule has 0 aliphatic rings. The normalized spacial score (nSPS) is 9.62. The van der Waals surface area contributed by atoms with E-state index in [0.29, 0.717) is 0 Å². The van der Waals surface area contributed by atoms with Crippen LogP contribution in [0.15, 0.2) is 12.1 Å². The van der Waals surface area contributed by atoms with Gasteiger partial charge in [0.25, 0.3) is 0 Å². The Labute approximate surface area is 91.9 Å². The van der Waals surface area contributed by atoms with E-state index in [4.69, 9.17) is 10.4 Å². The van der Waals surface area contributed by atoms with Crippen molar-refractivity contribution in [1.82, 2.24) is 0 Å². The molecule has 16 heavy (non-hydrogen) atoms. The molecule has 0 aliphatic heterocycles. The van der Waals surface area contributed by atoms with Gasteiger partial charge < -0.3 is 9.84 Å². The summed E-state index contributed by atoms with van der Waals surface area (Å²) in [4.78, 5) is 11.4. The Kier molecular flexibility index (Phi) is 3.97. The number of carbonyl (C=O) groups is 1. The molecule has 0 unspecified atom stereocenters. The number of nitrogens with zero attached hydrogens (tertiary/aromatic N) is 1. The minimum Gasteiger partial charge on any atom is -0.462 e. The zero-order valence-electron chi connectivity index (χ0n) is 8.66. The van der Waals surface area contributed by atoms with Gasteiger partial charge in [-0.15, -0.1) is 0 Å². The van der Waals surface area contributed by atoms with Crippen molar-refractivity contribution in [3.63, 3.8) is 0 Å². The van der Waals surface area contributed by atoms with Crippen molar-refractivity contribution >= 4 is 5.97 Å². The molecule has 84 valence electrons. The van der Waals surface area contributed by atoms with Crippen LogP contribution in [-0.2, 0) is 11.3 Å². The molecule has 0 fully saturated rings. The van der Waals surface area contributed by atoms with Gasteiger partial charge in [0.05, 0.1) is 18.8 Å². The van der Waals surface area contributed by atoms with Crippen molar-refractivity contribution in [3.05, 3.63) is 34.6 Å². The Morgan fingerprint density at radius 1 is 1.62 bits per heavy atom. The molecule has 0 radical (unpaired) electrons. The summed E-state index contributed by atoms with van der Waals surface area (Å²) >= 11 is 0. The monoisotopic (exact) mass is 223 g/mol. The first-order valence-electron chi connectivity index (χ1n) is 4.65. The maximum atomic E-state index is 13.4. The highest BCUT2D eigenvalue weighted by molar-refractivity contribution is 5.93. The molecule has 0 aliphatic carbocycles. The molecular weight excluding hydrogens is 213 g/mol. The summed E-state index contributed by atoms with van der Waals surface area (Å²) < 4.78 is 18.0. The number of esters is 1. The van der Waals surface area contributed by atoms with Gasteiger partial charge in [0, 0.05) is 0 Å². The summed E-state index contributed by atoms with van der Waals surface area (Å²) in [6.07, 6.45) is 0. The molecule has 1 aromatic rings. The van der Waals surface area contributed by atoms with E-state index in [0.717, 1.165) is 6.07 Å². The smallest absolute Gasteiger partial charge is 0.342 e. The summed E-state index contributed by atoms with van der Waals surface area (Å²) in [5.74, 6) is -1.72. The van der Waals surface area contributed by atoms with Gasteiger partial charge in [0.1, 0.15) is 17.4 Å². The van der Waals surface area contributed by atoms with E-state index in [9.17, 15) is 9.18 Å². The van der Waals surface area contributed by atoms with Gasteiger partial charge in [-0.25, -0.2) is 9.18 Å². The number of aliphatic hydroxyl groups excluding tert-OH is 1. The molecule has 0 spiro atoms. The first-order valence-corrected chi connectivity index (χ1v) is 4.65. The second-order valence-corrected chi connectivity index (χ2v) is 2.95. The first-order chi connectivity index (χ1) is 7.65. The lowest BCUT2D eigenvalue weighted by atomic mass is 10.0. The standard InChI is InChI=1S/C11H10FNO3/c1-2-16-11(15)10-8(5-13)7(6-14)3-4-9(10)12/h3-4,14H,2,6H2,1H3. The lowest BCUT2D eigenvalue weighted by Gasteiger charge is -2.08. The first kappa shape index (κ1) is 12.1. The van der Waals surface area contributed by atoms with Crippen LogP contribution in [0.5, 0.6) is 0 Å². The largest absolute Gasteiger partial charge is 0.462 e. The van der Waals surface area contributed by atoms with E-state index in [1.54, 1.807) is 13.0 Å². The van der Waals surface area contributed by atoms with Gasteiger partial charge in [-0.2, -0.15) is 5.26 Å². The third kappa shape index (κ3) is 2.18. The quantitative estimate of drug-likeness (QED) is 0.785. The van der Waals surface area contributed by atoms with Crippen LogP contribution in [0.25, 0.3) is 0 Å². The van der Waals surface area contributed by atoms with Gasteiger partial charge >= 0.3 is 5.97 Å². The van der Waals surface area contributed by atoms with Crippen molar-refractivity contribution in [2.75, 3.05) is 6.61 Å². The second kappa shape index (κ2) is 5.24. The van der Waals surface area contributed by atoms with E-state index in [1.165, 1.54) is 6.07 Å². The fourth-order valence-corrected chi connectivity index (χ4v) is 1.28. The minimum absolute atomic E-state index is 0.0898. The summed E-state index contributed by atoms with van der Waals surface area (Å²) in [7, 11) is 0. The topological polar surface area (TPSA) is 70.3 Å². The highest BCUT2D eigenvalue weighted by atomic mass is 19.1. The highest BCUT2D eigenvalue weighted by Gasteiger charge is 2.20. The minimum atomic E-state index is -0.896. The molecule has 0 saturated carbocycles. The van der Waals surface area contributed by atoms with E-state index in [-0.39, 0.29) is 17.7 Å². The van der Waals surface area contributed by atoms with Crippen LogP contribution in [0, 0.1) is 17.1 Å². The summed E-state index contributed by atoms with van der Waals surface area (Å²) in [6.45, 7) is 1.24. The molecule has 1 N–H and O–H groups in total. The lowest BCUT2D eigenvalue weighted by Crippen LogP contribution is -2.11. The number of aliphatic hydroxyl groups is 1. The lowest BCUT2D eigenvalue weighted by molar-refractivity contribution is 0.0520. The van der Waals surface area contributed by atoms with Gasteiger partial charge in [-0.1, -0.05) is 6.07 Å². The van der Waals surface area contributed by atoms with Crippen LogP contribution in [0.2, 0.25) is 0 Å². The molecule has 4 nitrogen and oxygen atoms in total. The number of benzene rings is 1. The number of hydrogen-bond donors (Lipinski definition) is 1. The van der Waals surface area contributed by atoms with Crippen molar-refractivity contribution in [2.24, 2.45) is 0 Å². The summed E-state index contributed by atoms with van der Waals surface area (Å²) in [6, 6.07) is 3.98. The number of carbonyl (C=O) groups excluding carboxylic acids is 1. The Hall–Kier alpha value is -1.93. The predicted molar refractivity (Wildman–Crippen MR) is 53.0 cm³/mol. The van der Waals surface area contributed by atoms with Crippen LogP contribution in [0.1, 0.15) is 28.4 Å². The van der Waals surface area contributed by atoms with Crippen molar-refractivity contribution in [2.45, 2.75) is 13.5 Å². The highest BCUT2D eigenvalue weighted by Crippen LogP contribution is 2.19. The maximum Gasteiger partial charge on any atom is 0.342 e. The number of ether oxygens (including phenoxy) is 1. The third-order valence-electron chi connectivity index (χ3n) is 2.00. The SMILES string of the molecule is CCOC(=O)c1c(F)ccc(CO)c1C#N. The Morgan fingerprint density at radius 3 is 2.81 bits per heavy atom. The number of nitriles is 1. The van der Waals surface area contributed by atoms with Crippen LogP contribution in [-0.4, -0.2) is 17.7 Å². The molecule has 5 heteroatoms. The van der Waals surface area contributed by atoms with Gasteiger partial charge in [0.15, 0.2) is 0 Å². The van der Waals surface area contributed by atoms with E-state index in [2.05, 4.69) is 4.74 Å². The average Bonchev–Trinajstić information content (AvgIpc) is 2.28. The summed E-state index contributed by atoms with van der Waals surface area (Å²) in [5.41, 5.74) is -0.399. The summed E-state index contributed by atoms with van der Waals surface area (Å²) in [5, 5.41) is 17.8. The molecule has 0 saturated heterocycles. The molecule has 0 aromatic heterocycles. The van der Waals surface area contributed by atoms with Crippen molar-refractivity contribution in [3.8, 4) is 6.07 Å².